The number of anilines is 1. The minimum Gasteiger partial charge on any atom is -0.369 e. The molecule has 2 aromatic heterocycles. The van der Waals surface area contributed by atoms with Crippen LogP contribution in [0.5, 0.6) is 0 Å². The van der Waals surface area contributed by atoms with Crippen molar-refractivity contribution in [2.45, 2.75) is 12.6 Å². The molecule has 0 saturated carbocycles. The Bertz CT molecular complexity index is 783. The van der Waals surface area contributed by atoms with Crippen molar-refractivity contribution >= 4 is 27.4 Å². The molecule has 0 spiro atoms. The van der Waals surface area contributed by atoms with Crippen molar-refractivity contribution in [2.24, 2.45) is 0 Å². The van der Waals surface area contributed by atoms with Crippen LogP contribution in [0.3, 0.4) is 0 Å². The molecule has 0 radical (unpaired) electrons. The van der Waals surface area contributed by atoms with E-state index in [2.05, 4.69) is 15.3 Å². The molecule has 0 aliphatic rings. The first-order valence-corrected chi connectivity index (χ1v) is 7.51. The molecule has 0 aliphatic heterocycles. The first-order chi connectivity index (χ1) is 10.6. The number of rotatable bonds is 4. The van der Waals surface area contributed by atoms with E-state index in [0.29, 0.717) is 12.4 Å². The minimum atomic E-state index is -4.33. The van der Waals surface area contributed by atoms with Gasteiger partial charge in [-0.3, -0.25) is 0 Å². The van der Waals surface area contributed by atoms with Gasteiger partial charge < -0.3 is 5.32 Å². The van der Waals surface area contributed by atoms with Gasteiger partial charge in [-0.25, -0.2) is 9.97 Å². The maximum atomic E-state index is 12.9. The highest BCUT2D eigenvalue weighted by molar-refractivity contribution is 7.16. The number of halogens is 3. The molecule has 0 fully saturated rings. The molecule has 0 saturated heterocycles. The summed E-state index contributed by atoms with van der Waals surface area (Å²) in [7, 11) is 0. The van der Waals surface area contributed by atoms with Crippen molar-refractivity contribution in [3.8, 4) is 0 Å². The summed E-state index contributed by atoms with van der Waals surface area (Å²) in [4.78, 5) is 9.13. The quantitative estimate of drug-likeness (QED) is 0.775. The summed E-state index contributed by atoms with van der Waals surface area (Å²) in [6.45, 7) is 0.370. The summed E-state index contributed by atoms with van der Waals surface area (Å²) >= 11 is 1.50. The molecular weight excluding hydrogens is 311 g/mol. The first kappa shape index (κ1) is 14.8. The van der Waals surface area contributed by atoms with E-state index < -0.39 is 11.7 Å². The smallest absolute Gasteiger partial charge is 0.369 e. The molecule has 114 valence electrons. The lowest BCUT2D eigenvalue weighted by Crippen LogP contribution is -2.13. The van der Waals surface area contributed by atoms with E-state index in [0.717, 1.165) is 16.3 Å². The number of nitrogens with one attached hydrogen (secondary N) is 1. The summed E-state index contributed by atoms with van der Waals surface area (Å²) in [5.74, 6) is 0.649. The minimum absolute atomic E-state index is 0.269. The summed E-state index contributed by atoms with van der Waals surface area (Å²) in [5.41, 5.74) is -0.307. The molecule has 7 heteroatoms. The summed E-state index contributed by atoms with van der Waals surface area (Å²) in [6.07, 6.45) is -2.61. The number of fused-ring (bicyclic) bond motifs is 1. The maximum Gasteiger partial charge on any atom is 0.416 e. The third-order valence-corrected chi connectivity index (χ3v) is 4.09. The number of aromatic nitrogens is 2. The van der Waals surface area contributed by atoms with Gasteiger partial charge in [0.2, 0.25) is 0 Å². The van der Waals surface area contributed by atoms with Crippen LogP contribution in [0.2, 0.25) is 0 Å². The Morgan fingerprint density at radius 2 is 1.91 bits per heavy atom. The molecule has 3 aromatic rings. The summed E-state index contributed by atoms with van der Waals surface area (Å²) in [5, 5.41) is 5.88. The number of hydrogen-bond acceptors (Lipinski definition) is 4. The number of alkyl halides is 3. The van der Waals surface area contributed by atoms with Crippen LogP contribution in [0.1, 0.15) is 11.1 Å². The van der Waals surface area contributed by atoms with Gasteiger partial charge >= 0.3 is 6.18 Å². The lowest BCUT2D eigenvalue weighted by atomic mass is 10.0. The molecule has 0 aliphatic carbocycles. The van der Waals surface area contributed by atoms with Crippen molar-refractivity contribution < 1.29 is 13.2 Å². The molecule has 0 atom stereocenters. The second kappa shape index (κ2) is 5.92. The largest absolute Gasteiger partial charge is 0.416 e. The number of hydrogen-bond donors (Lipinski definition) is 1. The Morgan fingerprint density at radius 1 is 1.09 bits per heavy atom. The van der Waals surface area contributed by atoms with Gasteiger partial charge in [-0.15, -0.1) is 11.3 Å². The predicted octanol–water partition coefficient (Wildman–Crippen LogP) is 4.36. The Kier molecular flexibility index (Phi) is 3.98. The third-order valence-electron chi connectivity index (χ3n) is 3.27. The van der Waals surface area contributed by atoms with Gasteiger partial charge in [0, 0.05) is 6.54 Å². The predicted molar refractivity (Wildman–Crippen MR) is 81.1 cm³/mol. The van der Waals surface area contributed by atoms with Crippen molar-refractivity contribution in [1.82, 2.24) is 9.97 Å². The highest BCUT2D eigenvalue weighted by atomic mass is 32.1. The Hall–Kier alpha value is -2.15. The zero-order valence-corrected chi connectivity index (χ0v) is 12.2. The Balaban J connectivity index is 1.73. The van der Waals surface area contributed by atoms with Gasteiger partial charge in [0.05, 0.1) is 10.9 Å². The third kappa shape index (κ3) is 3.04. The fourth-order valence-electron chi connectivity index (χ4n) is 2.26. The van der Waals surface area contributed by atoms with E-state index in [4.69, 9.17) is 0 Å². The number of benzene rings is 1. The van der Waals surface area contributed by atoms with E-state index in [-0.39, 0.29) is 12.0 Å². The highest BCUT2D eigenvalue weighted by Gasteiger charge is 2.32. The van der Waals surface area contributed by atoms with E-state index >= 15 is 0 Å². The SMILES string of the molecule is FC(F)(F)c1ccccc1CCNc1ncnc2sccc12. The van der Waals surface area contributed by atoms with Crippen molar-refractivity contribution in [1.29, 1.82) is 0 Å². The van der Waals surface area contributed by atoms with E-state index in [1.807, 2.05) is 11.4 Å². The van der Waals surface area contributed by atoms with Crippen LogP contribution in [0.4, 0.5) is 19.0 Å². The number of nitrogens with zero attached hydrogens (tertiary/aromatic N) is 2. The molecule has 2 heterocycles. The van der Waals surface area contributed by atoms with E-state index in [1.165, 1.54) is 29.8 Å². The molecule has 22 heavy (non-hydrogen) atoms. The second-order valence-corrected chi connectivity index (χ2v) is 5.59. The fraction of sp³-hybridized carbons (Fsp3) is 0.200. The van der Waals surface area contributed by atoms with Gasteiger partial charge in [0.1, 0.15) is 17.0 Å². The highest BCUT2D eigenvalue weighted by Crippen LogP contribution is 2.32. The summed E-state index contributed by atoms with van der Waals surface area (Å²) in [6, 6.07) is 7.53. The Labute approximate surface area is 128 Å². The summed E-state index contributed by atoms with van der Waals surface area (Å²) < 4.78 is 38.8. The number of thiophene rings is 1. The normalized spacial score (nSPS) is 11.8. The average molecular weight is 323 g/mol. The van der Waals surface area contributed by atoms with Crippen LogP contribution in [0, 0.1) is 0 Å². The van der Waals surface area contributed by atoms with Crippen LogP contribution in [0.15, 0.2) is 42.0 Å². The van der Waals surface area contributed by atoms with E-state index in [1.54, 1.807) is 6.07 Å². The maximum absolute atomic E-state index is 12.9. The van der Waals surface area contributed by atoms with Gasteiger partial charge in [-0.05, 0) is 29.5 Å². The molecule has 0 bridgehead atoms. The van der Waals surface area contributed by atoms with Crippen LogP contribution >= 0.6 is 11.3 Å². The fourth-order valence-corrected chi connectivity index (χ4v) is 2.99. The molecule has 1 aromatic carbocycles. The van der Waals surface area contributed by atoms with Gasteiger partial charge in [-0.2, -0.15) is 13.2 Å². The van der Waals surface area contributed by atoms with Crippen LogP contribution in [-0.2, 0) is 12.6 Å². The van der Waals surface area contributed by atoms with Crippen molar-refractivity contribution in [3.63, 3.8) is 0 Å². The topological polar surface area (TPSA) is 37.8 Å². The lowest BCUT2D eigenvalue weighted by molar-refractivity contribution is -0.138. The molecule has 1 N–H and O–H groups in total. The standard InChI is InChI=1S/C15H12F3N3S/c16-15(17,18)12-4-2-1-3-10(12)5-7-19-13-11-6-8-22-14(11)21-9-20-13/h1-4,6,8-9H,5,7H2,(H,19,20,21). The van der Waals surface area contributed by atoms with Gasteiger partial charge in [0.25, 0.3) is 0 Å². The van der Waals surface area contributed by atoms with Crippen LogP contribution < -0.4 is 5.32 Å². The van der Waals surface area contributed by atoms with E-state index in [9.17, 15) is 13.2 Å². The van der Waals surface area contributed by atoms with Gasteiger partial charge in [0.15, 0.2) is 0 Å². The zero-order valence-electron chi connectivity index (χ0n) is 11.4. The molecule has 0 unspecified atom stereocenters. The molecule has 3 rings (SSSR count). The van der Waals surface area contributed by atoms with Crippen LogP contribution in [-0.4, -0.2) is 16.5 Å². The monoisotopic (exact) mass is 323 g/mol. The van der Waals surface area contributed by atoms with Crippen LogP contribution in [0.25, 0.3) is 10.2 Å². The zero-order chi connectivity index (χ0) is 15.6. The lowest BCUT2D eigenvalue weighted by Gasteiger charge is -2.13. The Morgan fingerprint density at radius 3 is 2.73 bits per heavy atom. The molecule has 3 nitrogen and oxygen atoms in total. The first-order valence-electron chi connectivity index (χ1n) is 6.63. The molecule has 0 amide bonds. The molecular formula is C15H12F3N3S. The average Bonchev–Trinajstić information content (AvgIpc) is 2.96. The van der Waals surface area contributed by atoms with Crippen molar-refractivity contribution in [3.05, 3.63) is 53.2 Å². The van der Waals surface area contributed by atoms with Crippen molar-refractivity contribution in [2.75, 3.05) is 11.9 Å². The second-order valence-electron chi connectivity index (χ2n) is 4.69. The van der Waals surface area contributed by atoms with Gasteiger partial charge in [-0.1, -0.05) is 18.2 Å².